The SMILES string of the molecule is CCc1ccc(COC(=O)OCc2ccc(CC)cc2OC)c(OC)c1. The van der Waals surface area contributed by atoms with E-state index in [1.165, 1.54) is 0 Å². The second-order valence-electron chi connectivity index (χ2n) is 5.83. The molecule has 0 aromatic heterocycles. The minimum absolute atomic E-state index is 0.0951. The highest BCUT2D eigenvalue weighted by Crippen LogP contribution is 2.23. The maximum Gasteiger partial charge on any atom is 0.508 e. The quantitative estimate of drug-likeness (QED) is 0.641. The Hall–Kier alpha value is -2.69. The number of benzene rings is 2. The predicted octanol–water partition coefficient (Wildman–Crippen LogP) is 4.68. The number of carbonyl (C=O) groups excluding carboxylic acids is 1. The maximum absolute atomic E-state index is 11.9. The average molecular weight is 358 g/mol. The van der Waals surface area contributed by atoms with Gasteiger partial charge in [-0.15, -0.1) is 0 Å². The zero-order valence-corrected chi connectivity index (χ0v) is 15.8. The number of hydrogen-bond acceptors (Lipinski definition) is 5. The van der Waals surface area contributed by atoms with E-state index in [1.807, 2.05) is 36.4 Å². The Balaban J connectivity index is 1.92. The summed E-state index contributed by atoms with van der Waals surface area (Å²) in [6, 6.07) is 11.7. The Morgan fingerprint density at radius 3 is 1.54 bits per heavy atom. The van der Waals surface area contributed by atoms with Crippen LogP contribution in [0.2, 0.25) is 0 Å². The summed E-state index contributed by atoms with van der Waals surface area (Å²) in [6.45, 7) is 4.34. The first-order valence-electron chi connectivity index (χ1n) is 8.72. The Kier molecular flexibility index (Phi) is 7.33. The third kappa shape index (κ3) is 5.15. The van der Waals surface area contributed by atoms with Crippen LogP contribution in [0.4, 0.5) is 4.79 Å². The summed E-state index contributed by atoms with van der Waals surface area (Å²) in [6.07, 6.45) is 1.10. The van der Waals surface area contributed by atoms with Crippen molar-refractivity contribution in [3.63, 3.8) is 0 Å². The minimum Gasteiger partial charge on any atom is -0.496 e. The van der Waals surface area contributed by atoms with E-state index in [4.69, 9.17) is 18.9 Å². The summed E-state index contributed by atoms with van der Waals surface area (Å²) < 4.78 is 21.1. The zero-order valence-electron chi connectivity index (χ0n) is 15.8. The van der Waals surface area contributed by atoms with Crippen molar-refractivity contribution in [3.8, 4) is 11.5 Å². The van der Waals surface area contributed by atoms with E-state index in [2.05, 4.69) is 13.8 Å². The summed E-state index contributed by atoms with van der Waals surface area (Å²) in [4.78, 5) is 11.9. The molecule has 140 valence electrons. The second-order valence-corrected chi connectivity index (χ2v) is 5.83. The Labute approximate surface area is 154 Å². The van der Waals surface area contributed by atoms with Gasteiger partial charge in [-0.1, -0.05) is 38.1 Å². The van der Waals surface area contributed by atoms with Gasteiger partial charge < -0.3 is 18.9 Å². The van der Waals surface area contributed by atoms with Crippen LogP contribution in [0.25, 0.3) is 0 Å². The van der Waals surface area contributed by atoms with Gasteiger partial charge in [-0.2, -0.15) is 0 Å². The molecule has 26 heavy (non-hydrogen) atoms. The summed E-state index contributed by atoms with van der Waals surface area (Å²) in [5.74, 6) is 1.41. The Morgan fingerprint density at radius 1 is 0.769 bits per heavy atom. The molecular formula is C21H26O5. The molecule has 0 aliphatic rings. The molecule has 0 radical (unpaired) electrons. The average Bonchev–Trinajstić information content (AvgIpc) is 2.70. The van der Waals surface area contributed by atoms with Gasteiger partial charge in [0.2, 0.25) is 0 Å². The molecule has 0 fully saturated rings. The number of hydrogen-bond donors (Lipinski definition) is 0. The molecule has 5 heteroatoms. The number of aryl methyl sites for hydroxylation is 2. The summed E-state index contributed by atoms with van der Waals surface area (Å²) in [5.41, 5.74) is 3.92. The van der Waals surface area contributed by atoms with E-state index in [-0.39, 0.29) is 13.2 Å². The van der Waals surface area contributed by atoms with Crippen molar-refractivity contribution < 1.29 is 23.7 Å². The van der Waals surface area contributed by atoms with Crippen LogP contribution in [0.3, 0.4) is 0 Å². The molecule has 0 bridgehead atoms. The van der Waals surface area contributed by atoms with Crippen molar-refractivity contribution in [2.24, 2.45) is 0 Å². The molecule has 0 unspecified atom stereocenters. The van der Waals surface area contributed by atoms with Crippen molar-refractivity contribution in [1.29, 1.82) is 0 Å². The lowest BCUT2D eigenvalue weighted by Gasteiger charge is -2.12. The zero-order chi connectivity index (χ0) is 18.9. The molecule has 2 rings (SSSR count). The van der Waals surface area contributed by atoms with E-state index in [1.54, 1.807) is 14.2 Å². The van der Waals surface area contributed by atoms with Gasteiger partial charge in [0, 0.05) is 11.1 Å². The van der Waals surface area contributed by atoms with E-state index in [0.717, 1.165) is 35.1 Å². The first-order chi connectivity index (χ1) is 12.6. The van der Waals surface area contributed by atoms with Crippen LogP contribution >= 0.6 is 0 Å². The fraction of sp³-hybridized carbons (Fsp3) is 0.381. The molecule has 0 heterocycles. The van der Waals surface area contributed by atoms with Crippen LogP contribution in [0, 0.1) is 0 Å². The number of ether oxygens (including phenoxy) is 4. The third-order valence-electron chi connectivity index (χ3n) is 4.21. The number of carbonyl (C=O) groups is 1. The molecule has 2 aromatic rings. The minimum atomic E-state index is -0.728. The largest absolute Gasteiger partial charge is 0.508 e. The van der Waals surface area contributed by atoms with Crippen molar-refractivity contribution >= 4 is 6.16 Å². The van der Waals surface area contributed by atoms with Crippen molar-refractivity contribution in [2.75, 3.05) is 14.2 Å². The first-order valence-corrected chi connectivity index (χ1v) is 8.72. The van der Waals surface area contributed by atoms with Crippen molar-refractivity contribution in [3.05, 3.63) is 58.7 Å². The molecule has 0 aliphatic carbocycles. The van der Waals surface area contributed by atoms with Gasteiger partial charge in [-0.3, -0.25) is 0 Å². The maximum atomic E-state index is 11.9. The molecule has 0 N–H and O–H groups in total. The molecular weight excluding hydrogens is 332 g/mol. The van der Waals surface area contributed by atoms with Crippen LogP contribution in [0.15, 0.2) is 36.4 Å². The van der Waals surface area contributed by atoms with Gasteiger partial charge in [0.05, 0.1) is 14.2 Å². The Bertz CT molecular complexity index is 678. The first kappa shape index (κ1) is 19.6. The molecule has 5 nitrogen and oxygen atoms in total. The standard InChI is InChI=1S/C21H26O5/c1-5-15-7-9-17(19(11-15)23-3)13-25-21(22)26-14-18-10-8-16(6-2)12-20(18)24-4/h7-12H,5-6,13-14H2,1-4H3. The lowest BCUT2D eigenvalue weighted by atomic mass is 10.1. The van der Waals surface area contributed by atoms with Crippen LogP contribution in [0.1, 0.15) is 36.1 Å². The van der Waals surface area contributed by atoms with E-state index in [9.17, 15) is 4.79 Å². The molecule has 0 amide bonds. The van der Waals surface area contributed by atoms with Crippen molar-refractivity contribution in [1.82, 2.24) is 0 Å². The van der Waals surface area contributed by atoms with Gasteiger partial charge in [0.15, 0.2) is 0 Å². The summed E-state index contributed by atoms with van der Waals surface area (Å²) in [7, 11) is 3.20. The molecule has 0 saturated heterocycles. The highest BCUT2D eigenvalue weighted by molar-refractivity contribution is 5.60. The van der Waals surface area contributed by atoms with Gasteiger partial charge in [0.25, 0.3) is 0 Å². The smallest absolute Gasteiger partial charge is 0.496 e. The van der Waals surface area contributed by atoms with Gasteiger partial charge in [0.1, 0.15) is 24.7 Å². The van der Waals surface area contributed by atoms with Crippen molar-refractivity contribution in [2.45, 2.75) is 39.9 Å². The van der Waals surface area contributed by atoms with Crippen LogP contribution in [-0.4, -0.2) is 20.4 Å². The highest BCUT2D eigenvalue weighted by Gasteiger charge is 2.11. The van der Waals surface area contributed by atoms with Gasteiger partial charge >= 0.3 is 6.16 Å². The molecule has 0 atom stereocenters. The molecule has 0 spiro atoms. The monoisotopic (exact) mass is 358 g/mol. The highest BCUT2D eigenvalue weighted by atomic mass is 16.7. The van der Waals surface area contributed by atoms with Gasteiger partial charge in [-0.25, -0.2) is 4.79 Å². The number of rotatable bonds is 8. The normalized spacial score (nSPS) is 10.3. The van der Waals surface area contributed by atoms with Crippen LogP contribution < -0.4 is 9.47 Å². The Morgan fingerprint density at radius 2 is 1.19 bits per heavy atom. The summed E-state index contributed by atoms with van der Waals surface area (Å²) >= 11 is 0. The fourth-order valence-electron chi connectivity index (χ4n) is 2.57. The van der Waals surface area contributed by atoms with Crippen LogP contribution in [-0.2, 0) is 35.5 Å². The predicted molar refractivity (Wildman–Crippen MR) is 99.7 cm³/mol. The fourth-order valence-corrected chi connectivity index (χ4v) is 2.57. The third-order valence-corrected chi connectivity index (χ3v) is 4.21. The molecule has 0 saturated carbocycles. The van der Waals surface area contributed by atoms with E-state index >= 15 is 0 Å². The molecule has 0 aliphatic heterocycles. The summed E-state index contributed by atoms with van der Waals surface area (Å²) in [5, 5.41) is 0. The van der Waals surface area contributed by atoms with Crippen LogP contribution in [0.5, 0.6) is 11.5 Å². The second kappa shape index (κ2) is 9.70. The lowest BCUT2D eigenvalue weighted by Crippen LogP contribution is -2.09. The van der Waals surface area contributed by atoms with Gasteiger partial charge in [-0.05, 0) is 36.1 Å². The molecule has 2 aromatic carbocycles. The van der Waals surface area contributed by atoms with E-state index < -0.39 is 6.16 Å². The topological polar surface area (TPSA) is 54.0 Å². The number of methoxy groups -OCH3 is 2. The lowest BCUT2D eigenvalue weighted by molar-refractivity contribution is 0.0438. The van der Waals surface area contributed by atoms with E-state index in [0.29, 0.717) is 11.5 Å².